The van der Waals surface area contributed by atoms with Gasteiger partial charge in [0.2, 0.25) is 5.91 Å². The molecule has 2 amide bonds. The molecule has 9 heteroatoms. The summed E-state index contributed by atoms with van der Waals surface area (Å²) in [6.45, 7) is 1.82. The Morgan fingerprint density at radius 2 is 1.82 bits per heavy atom. The highest BCUT2D eigenvalue weighted by atomic mass is 32.1. The molecule has 0 bridgehead atoms. The number of anilines is 1. The van der Waals surface area contributed by atoms with Gasteiger partial charge in [-0.3, -0.25) is 14.9 Å². The van der Waals surface area contributed by atoms with Crippen molar-refractivity contribution in [1.29, 1.82) is 0 Å². The van der Waals surface area contributed by atoms with E-state index in [1.165, 1.54) is 18.3 Å². The van der Waals surface area contributed by atoms with Crippen molar-refractivity contribution in [2.75, 3.05) is 5.32 Å². The third-order valence-electron chi connectivity index (χ3n) is 3.58. The second-order valence-corrected chi connectivity index (χ2v) is 7.00. The quantitative estimate of drug-likeness (QED) is 0.559. The molecule has 0 atom stereocenters. The third kappa shape index (κ3) is 5.41. The fourth-order valence-electron chi connectivity index (χ4n) is 2.28. The summed E-state index contributed by atoms with van der Waals surface area (Å²) in [6.07, 6.45) is 0. The van der Waals surface area contributed by atoms with Gasteiger partial charge >= 0.3 is 0 Å². The zero-order chi connectivity index (χ0) is 19.9. The standard InChI is InChI=1S/C19H17N5O2S2/c1-12(25)20-10-14-8-5-9-15(21-14)16-11-28-19(22-16)24-18(27)23-17(26)13-6-3-2-4-7-13/h2-9,11H,10H2,1H3,(H,20,25)(H2,22,23,24,26,27). The van der Waals surface area contributed by atoms with E-state index in [0.717, 1.165) is 5.69 Å². The van der Waals surface area contributed by atoms with Gasteiger partial charge in [-0.05, 0) is 36.5 Å². The topological polar surface area (TPSA) is 96.0 Å². The number of nitrogens with zero attached hydrogens (tertiary/aromatic N) is 2. The Hall–Kier alpha value is -3.17. The maximum absolute atomic E-state index is 12.1. The summed E-state index contributed by atoms with van der Waals surface area (Å²) in [5.41, 5.74) is 2.62. The number of thiazole rings is 1. The van der Waals surface area contributed by atoms with Gasteiger partial charge in [0, 0.05) is 17.9 Å². The lowest BCUT2D eigenvalue weighted by Crippen LogP contribution is -2.34. The number of hydrogen-bond donors (Lipinski definition) is 3. The van der Waals surface area contributed by atoms with Gasteiger partial charge in [0.05, 0.1) is 17.9 Å². The zero-order valence-corrected chi connectivity index (χ0v) is 16.6. The molecule has 142 valence electrons. The van der Waals surface area contributed by atoms with Crippen LogP contribution < -0.4 is 16.0 Å². The van der Waals surface area contributed by atoms with Crippen LogP contribution in [0.3, 0.4) is 0 Å². The normalized spacial score (nSPS) is 10.2. The van der Waals surface area contributed by atoms with Crippen molar-refractivity contribution >= 4 is 45.6 Å². The van der Waals surface area contributed by atoms with Crippen LogP contribution in [0, 0.1) is 0 Å². The predicted molar refractivity (Wildman–Crippen MR) is 113 cm³/mol. The molecule has 0 saturated carbocycles. The van der Waals surface area contributed by atoms with Crippen molar-refractivity contribution in [2.45, 2.75) is 13.5 Å². The number of benzene rings is 1. The molecule has 0 aliphatic heterocycles. The molecule has 28 heavy (non-hydrogen) atoms. The lowest BCUT2D eigenvalue weighted by Gasteiger charge is -2.07. The maximum Gasteiger partial charge on any atom is 0.257 e. The van der Waals surface area contributed by atoms with E-state index in [4.69, 9.17) is 12.2 Å². The summed E-state index contributed by atoms with van der Waals surface area (Å²) in [5, 5.41) is 10.8. The van der Waals surface area contributed by atoms with Crippen LogP contribution in [0.15, 0.2) is 53.9 Å². The number of amides is 2. The molecule has 2 heterocycles. The minimum atomic E-state index is -0.290. The van der Waals surface area contributed by atoms with Gasteiger partial charge in [-0.25, -0.2) is 9.97 Å². The molecule has 0 fully saturated rings. The second kappa shape index (κ2) is 9.16. The highest BCUT2D eigenvalue weighted by Crippen LogP contribution is 2.23. The minimum absolute atomic E-state index is 0.113. The van der Waals surface area contributed by atoms with E-state index in [2.05, 4.69) is 25.9 Å². The molecule has 3 rings (SSSR count). The molecule has 3 N–H and O–H groups in total. The predicted octanol–water partition coefficient (Wildman–Crippen LogP) is 2.97. The monoisotopic (exact) mass is 411 g/mol. The molecule has 1 aromatic carbocycles. The number of thiocarbonyl (C=S) groups is 1. The van der Waals surface area contributed by atoms with E-state index >= 15 is 0 Å². The Morgan fingerprint density at radius 3 is 2.57 bits per heavy atom. The van der Waals surface area contributed by atoms with Crippen LogP contribution in [0.5, 0.6) is 0 Å². The van der Waals surface area contributed by atoms with Gasteiger partial charge in [0.15, 0.2) is 10.2 Å². The Kier molecular flexibility index (Phi) is 6.41. The van der Waals surface area contributed by atoms with Gasteiger partial charge in [0.25, 0.3) is 5.91 Å². The summed E-state index contributed by atoms with van der Waals surface area (Å²) in [7, 11) is 0. The van der Waals surface area contributed by atoms with Gasteiger partial charge < -0.3 is 10.6 Å². The van der Waals surface area contributed by atoms with Crippen molar-refractivity contribution in [1.82, 2.24) is 20.6 Å². The lowest BCUT2D eigenvalue weighted by molar-refractivity contribution is -0.119. The van der Waals surface area contributed by atoms with E-state index < -0.39 is 0 Å². The summed E-state index contributed by atoms with van der Waals surface area (Å²) < 4.78 is 0. The molecular weight excluding hydrogens is 394 g/mol. The van der Waals surface area contributed by atoms with Gasteiger partial charge in [-0.2, -0.15) is 0 Å². The van der Waals surface area contributed by atoms with Crippen LogP contribution >= 0.6 is 23.6 Å². The van der Waals surface area contributed by atoms with E-state index in [1.54, 1.807) is 24.3 Å². The molecule has 3 aromatic rings. The van der Waals surface area contributed by atoms with E-state index in [-0.39, 0.29) is 16.9 Å². The van der Waals surface area contributed by atoms with Crippen molar-refractivity contribution < 1.29 is 9.59 Å². The molecule has 0 aliphatic rings. The molecule has 7 nitrogen and oxygen atoms in total. The first kappa shape index (κ1) is 19.6. The van der Waals surface area contributed by atoms with Crippen LogP contribution in [-0.4, -0.2) is 26.9 Å². The first-order valence-corrected chi connectivity index (χ1v) is 9.64. The van der Waals surface area contributed by atoms with Crippen LogP contribution in [0.25, 0.3) is 11.4 Å². The fraction of sp³-hybridized carbons (Fsp3) is 0.105. The van der Waals surface area contributed by atoms with Crippen molar-refractivity contribution in [3.63, 3.8) is 0 Å². The largest absolute Gasteiger partial charge is 0.351 e. The molecular formula is C19H17N5O2S2. The number of carbonyl (C=O) groups is 2. The fourth-order valence-corrected chi connectivity index (χ4v) is 3.24. The number of carbonyl (C=O) groups excluding carboxylic acids is 2. The number of rotatable bonds is 5. The second-order valence-electron chi connectivity index (χ2n) is 5.74. The highest BCUT2D eigenvalue weighted by Gasteiger charge is 2.11. The van der Waals surface area contributed by atoms with Crippen LogP contribution in [0.2, 0.25) is 0 Å². The van der Waals surface area contributed by atoms with Crippen molar-refractivity contribution in [2.24, 2.45) is 0 Å². The highest BCUT2D eigenvalue weighted by molar-refractivity contribution is 7.80. The molecule has 0 saturated heterocycles. The average Bonchev–Trinajstić information content (AvgIpc) is 3.15. The summed E-state index contributed by atoms with van der Waals surface area (Å²) in [6, 6.07) is 14.3. The smallest absolute Gasteiger partial charge is 0.257 e. The lowest BCUT2D eigenvalue weighted by atomic mass is 10.2. The first-order chi connectivity index (χ1) is 13.5. The molecule has 0 unspecified atom stereocenters. The Morgan fingerprint density at radius 1 is 1.04 bits per heavy atom. The van der Waals surface area contributed by atoms with Crippen LogP contribution in [-0.2, 0) is 11.3 Å². The van der Waals surface area contributed by atoms with Gasteiger partial charge in [-0.1, -0.05) is 24.3 Å². The number of nitrogens with one attached hydrogen (secondary N) is 3. The summed E-state index contributed by atoms with van der Waals surface area (Å²) >= 11 is 6.53. The third-order valence-corrected chi connectivity index (χ3v) is 4.54. The van der Waals surface area contributed by atoms with Gasteiger partial charge in [0.1, 0.15) is 5.69 Å². The van der Waals surface area contributed by atoms with E-state index in [1.807, 2.05) is 29.6 Å². The number of hydrogen-bond acceptors (Lipinski definition) is 6. The Bertz CT molecular complexity index is 1000. The van der Waals surface area contributed by atoms with E-state index in [0.29, 0.717) is 28.6 Å². The van der Waals surface area contributed by atoms with Crippen LogP contribution in [0.1, 0.15) is 23.0 Å². The minimum Gasteiger partial charge on any atom is -0.351 e. The summed E-state index contributed by atoms with van der Waals surface area (Å²) in [4.78, 5) is 32.1. The Balaban J connectivity index is 1.62. The maximum atomic E-state index is 12.1. The van der Waals surface area contributed by atoms with Gasteiger partial charge in [-0.15, -0.1) is 11.3 Å². The average molecular weight is 412 g/mol. The molecule has 2 aromatic heterocycles. The first-order valence-electron chi connectivity index (χ1n) is 8.35. The number of pyridine rings is 1. The summed E-state index contributed by atoms with van der Waals surface area (Å²) in [5.74, 6) is -0.402. The van der Waals surface area contributed by atoms with Crippen LogP contribution in [0.4, 0.5) is 5.13 Å². The SMILES string of the molecule is CC(=O)NCc1cccc(-c2csc(NC(=S)NC(=O)c3ccccc3)n2)n1. The van der Waals surface area contributed by atoms with Crippen molar-refractivity contribution in [3.8, 4) is 11.4 Å². The van der Waals surface area contributed by atoms with E-state index in [9.17, 15) is 9.59 Å². The number of aromatic nitrogens is 2. The molecule has 0 aliphatic carbocycles. The Labute approximate surface area is 171 Å². The molecule has 0 spiro atoms. The molecule has 0 radical (unpaired) electrons. The zero-order valence-electron chi connectivity index (χ0n) is 14.9. The van der Waals surface area contributed by atoms with Crippen molar-refractivity contribution in [3.05, 3.63) is 65.2 Å².